The third kappa shape index (κ3) is 4.06. The third-order valence-electron chi connectivity index (χ3n) is 3.73. The number of ether oxygens (including phenoxy) is 3. The number of phenolic OH excluding ortho intramolecular Hbond substituents is 1. The van der Waals surface area contributed by atoms with Crippen molar-refractivity contribution in [2.75, 3.05) is 13.4 Å². The molecule has 0 aromatic heterocycles. The second-order valence-corrected chi connectivity index (χ2v) is 5.85. The fourth-order valence-corrected chi connectivity index (χ4v) is 2.78. The van der Waals surface area contributed by atoms with Gasteiger partial charge in [-0.25, -0.2) is 4.79 Å². The average Bonchev–Trinajstić information content (AvgIpc) is 3.02. The van der Waals surface area contributed by atoms with Gasteiger partial charge in [0.15, 0.2) is 11.5 Å². The van der Waals surface area contributed by atoms with Gasteiger partial charge in [0.2, 0.25) is 6.79 Å². The van der Waals surface area contributed by atoms with E-state index in [2.05, 4.69) is 0 Å². The van der Waals surface area contributed by atoms with Gasteiger partial charge in [-0.2, -0.15) is 0 Å². The summed E-state index contributed by atoms with van der Waals surface area (Å²) in [5, 5.41) is 10.4. The lowest BCUT2D eigenvalue weighted by atomic mass is 9.98. The molecule has 0 bridgehead atoms. The van der Waals surface area contributed by atoms with E-state index in [1.807, 2.05) is 6.07 Å². The molecule has 3 rings (SSSR count). The quantitative estimate of drug-likeness (QED) is 0.646. The molecule has 0 spiro atoms. The zero-order chi connectivity index (χ0) is 17.8. The lowest BCUT2D eigenvalue weighted by molar-refractivity contribution is -0.137. The summed E-state index contributed by atoms with van der Waals surface area (Å²) in [6, 6.07) is 8.49. The summed E-state index contributed by atoms with van der Waals surface area (Å²) >= 11 is 6.33. The van der Waals surface area contributed by atoms with Crippen molar-refractivity contribution in [3.63, 3.8) is 0 Å². The number of hydrogen-bond acceptors (Lipinski definition) is 5. The van der Waals surface area contributed by atoms with Crippen molar-refractivity contribution in [2.24, 2.45) is 0 Å². The molecule has 6 heteroatoms. The molecule has 2 aromatic rings. The van der Waals surface area contributed by atoms with E-state index >= 15 is 0 Å². The predicted molar refractivity (Wildman–Crippen MR) is 94.2 cm³/mol. The van der Waals surface area contributed by atoms with E-state index in [1.54, 1.807) is 37.3 Å². The number of rotatable bonds is 5. The molecule has 25 heavy (non-hydrogen) atoms. The molecule has 130 valence electrons. The first-order valence-corrected chi connectivity index (χ1v) is 8.19. The molecule has 1 aliphatic rings. The van der Waals surface area contributed by atoms with Crippen LogP contribution in [0.1, 0.15) is 23.6 Å². The SMILES string of the molecule is CCOC(=O)C=Cc1ccc(O)cc1Cc1cc2c(cc1Cl)OCO2. The van der Waals surface area contributed by atoms with Gasteiger partial charge in [0, 0.05) is 17.2 Å². The van der Waals surface area contributed by atoms with Gasteiger partial charge in [0.25, 0.3) is 0 Å². The van der Waals surface area contributed by atoms with Gasteiger partial charge in [-0.1, -0.05) is 17.7 Å². The molecule has 1 N–H and O–H groups in total. The number of benzene rings is 2. The Balaban J connectivity index is 1.89. The molecule has 0 saturated heterocycles. The summed E-state index contributed by atoms with van der Waals surface area (Å²) < 4.78 is 15.6. The minimum absolute atomic E-state index is 0.139. The van der Waals surface area contributed by atoms with Gasteiger partial charge in [0.05, 0.1) is 6.61 Å². The van der Waals surface area contributed by atoms with Gasteiger partial charge in [-0.3, -0.25) is 0 Å². The number of aromatic hydroxyl groups is 1. The summed E-state index contributed by atoms with van der Waals surface area (Å²) in [6.07, 6.45) is 3.49. The molecule has 0 aliphatic carbocycles. The van der Waals surface area contributed by atoms with E-state index in [4.69, 9.17) is 25.8 Å². The Bertz CT molecular complexity index is 829. The van der Waals surface area contributed by atoms with Crippen molar-refractivity contribution < 1.29 is 24.1 Å². The van der Waals surface area contributed by atoms with Gasteiger partial charge in [-0.15, -0.1) is 0 Å². The van der Waals surface area contributed by atoms with E-state index in [0.717, 1.165) is 16.7 Å². The molecule has 0 atom stereocenters. The van der Waals surface area contributed by atoms with Crippen LogP contribution in [0.5, 0.6) is 17.2 Å². The van der Waals surface area contributed by atoms with E-state index in [9.17, 15) is 9.90 Å². The number of phenols is 1. The van der Waals surface area contributed by atoms with Gasteiger partial charge in [-0.05, 0) is 54.3 Å². The molecular weight excluding hydrogens is 344 g/mol. The van der Waals surface area contributed by atoms with Crippen LogP contribution in [0.25, 0.3) is 6.08 Å². The number of fused-ring (bicyclic) bond motifs is 1. The number of esters is 1. The van der Waals surface area contributed by atoms with Crippen molar-refractivity contribution in [2.45, 2.75) is 13.3 Å². The monoisotopic (exact) mass is 360 g/mol. The van der Waals surface area contributed by atoms with Crippen LogP contribution in [-0.2, 0) is 16.0 Å². The predicted octanol–water partition coefficient (Wildman–Crippen LogP) is 3.94. The number of carbonyl (C=O) groups excluding carboxylic acids is 1. The lowest BCUT2D eigenvalue weighted by Gasteiger charge is -2.10. The van der Waals surface area contributed by atoms with E-state index in [1.165, 1.54) is 6.08 Å². The first-order chi connectivity index (χ1) is 12.1. The average molecular weight is 361 g/mol. The maximum atomic E-state index is 11.5. The molecule has 5 nitrogen and oxygen atoms in total. The second kappa shape index (κ2) is 7.49. The van der Waals surface area contributed by atoms with Crippen LogP contribution in [0.2, 0.25) is 5.02 Å². The van der Waals surface area contributed by atoms with Gasteiger partial charge in [0.1, 0.15) is 5.75 Å². The molecule has 0 saturated carbocycles. The van der Waals surface area contributed by atoms with Crippen molar-refractivity contribution in [1.29, 1.82) is 0 Å². The Hall–Kier alpha value is -2.66. The number of halogens is 1. The Labute approximate surface area is 150 Å². The van der Waals surface area contributed by atoms with Crippen molar-refractivity contribution in [1.82, 2.24) is 0 Å². The standard InChI is InChI=1S/C19H17ClO5/c1-2-23-19(22)6-4-12-3-5-15(21)8-13(12)7-14-9-17-18(10-16(14)20)25-11-24-17/h3-6,8-10,21H,2,7,11H2,1H3. The zero-order valence-corrected chi connectivity index (χ0v) is 14.4. The maximum absolute atomic E-state index is 11.5. The van der Waals surface area contributed by atoms with Crippen molar-refractivity contribution >= 4 is 23.6 Å². The fraction of sp³-hybridized carbons (Fsp3) is 0.211. The van der Waals surface area contributed by atoms with Gasteiger partial charge >= 0.3 is 5.97 Å². The molecule has 0 amide bonds. The van der Waals surface area contributed by atoms with E-state index < -0.39 is 5.97 Å². The van der Waals surface area contributed by atoms with Crippen LogP contribution in [0.15, 0.2) is 36.4 Å². The summed E-state index contributed by atoms with van der Waals surface area (Å²) in [4.78, 5) is 11.5. The second-order valence-electron chi connectivity index (χ2n) is 5.44. The Kier molecular flexibility index (Phi) is 5.14. The Morgan fingerprint density at radius 1 is 1.24 bits per heavy atom. The molecule has 0 fully saturated rings. The molecule has 2 aromatic carbocycles. The van der Waals surface area contributed by atoms with Crippen molar-refractivity contribution in [3.05, 3.63) is 58.1 Å². The Morgan fingerprint density at radius 3 is 2.76 bits per heavy atom. The van der Waals surface area contributed by atoms with Crippen LogP contribution in [0, 0.1) is 0 Å². The van der Waals surface area contributed by atoms with Crippen molar-refractivity contribution in [3.8, 4) is 17.2 Å². The summed E-state index contributed by atoms with van der Waals surface area (Å²) in [5.74, 6) is 0.984. The number of hydrogen-bond donors (Lipinski definition) is 1. The van der Waals surface area contributed by atoms with Crippen LogP contribution < -0.4 is 9.47 Å². The van der Waals surface area contributed by atoms with Crippen LogP contribution >= 0.6 is 11.6 Å². The molecule has 1 aliphatic heterocycles. The van der Waals surface area contributed by atoms with Gasteiger partial charge < -0.3 is 19.3 Å². The third-order valence-corrected chi connectivity index (χ3v) is 4.09. The molecule has 0 unspecified atom stereocenters. The normalized spacial score (nSPS) is 12.6. The zero-order valence-electron chi connectivity index (χ0n) is 13.6. The summed E-state index contributed by atoms with van der Waals surface area (Å²) in [7, 11) is 0. The van der Waals surface area contributed by atoms with Crippen LogP contribution in [0.3, 0.4) is 0 Å². The highest BCUT2D eigenvalue weighted by Crippen LogP contribution is 2.38. The van der Waals surface area contributed by atoms with Crippen LogP contribution in [0.4, 0.5) is 0 Å². The summed E-state index contributed by atoms with van der Waals surface area (Å²) in [5.41, 5.74) is 2.45. The first kappa shape index (κ1) is 17.2. The smallest absolute Gasteiger partial charge is 0.330 e. The molecule has 1 heterocycles. The van der Waals surface area contributed by atoms with E-state index in [0.29, 0.717) is 29.5 Å². The fourth-order valence-electron chi connectivity index (χ4n) is 2.56. The minimum atomic E-state index is -0.414. The highest BCUT2D eigenvalue weighted by molar-refractivity contribution is 6.31. The lowest BCUT2D eigenvalue weighted by Crippen LogP contribution is -1.99. The van der Waals surface area contributed by atoms with Crippen LogP contribution in [-0.4, -0.2) is 24.5 Å². The minimum Gasteiger partial charge on any atom is -0.508 e. The largest absolute Gasteiger partial charge is 0.508 e. The molecule has 0 radical (unpaired) electrons. The Morgan fingerprint density at radius 2 is 2.00 bits per heavy atom. The topological polar surface area (TPSA) is 65.0 Å². The highest BCUT2D eigenvalue weighted by atomic mass is 35.5. The number of carbonyl (C=O) groups is 1. The molecular formula is C19H17ClO5. The first-order valence-electron chi connectivity index (χ1n) is 7.81. The van der Waals surface area contributed by atoms with E-state index in [-0.39, 0.29) is 12.5 Å². The summed E-state index contributed by atoms with van der Waals surface area (Å²) in [6.45, 7) is 2.24. The maximum Gasteiger partial charge on any atom is 0.330 e. The highest BCUT2D eigenvalue weighted by Gasteiger charge is 2.17.